The van der Waals surface area contributed by atoms with Crippen LogP contribution in [0.5, 0.6) is 5.75 Å². The lowest BCUT2D eigenvalue weighted by Crippen LogP contribution is -2.16. The van der Waals surface area contributed by atoms with Crippen molar-refractivity contribution in [1.29, 1.82) is 0 Å². The van der Waals surface area contributed by atoms with Crippen molar-refractivity contribution < 1.29 is 19.8 Å². The fourth-order valence-corrected chi connectivity index (χ4v) is 1.61. The molecule has 2 rings (SSSR count). The Morgan fingerprint density at radius 1 is 1.25 bits per heavy atom. The van der Waals surface area contributed by atoms with E-state index in [1.54, 1.807) is 13.0 Å². The number of carbonyl (C=O) groups excluding carboxylic acids is 1. The molecule has 0 atom stereocenters. The van der Waals surface area contributed by atoms with Crippen molar-refractivity contribution >= 4 is 17.7 Å². The van der Waals surface area contributed by atoms with Gasteiger partial charge in [0.25, 0.3) is 5.91 Å². The summed E-state index contributed by atoms with van der Waals surface area (Å²) in [5, 5.41) is 21.0. The van der Waals surface area contributed by atoms with E-state index in [2.05, 4.69) is 10.3 Å². The molecule has 0 aliphatic carbocycles. The van der Waals surface area contributed by atoms with E-state index in [1.807, 2.05) is 0 Å². The van der Waals surface area contributed by atoms with Gasteiger partial charge in [0.1, 0.15) is 17.1 Å². The topological polar surface area (TPSA) is 99.5 Å². The van der Waals surface area contributed by atoms with Gasteiger partial charge in [-0.25, -0.2) is 9.78 Å². The second-order valence-electron chi connectivity index (χ2n) is 4.16. The minimum Gasteiger partial charge on any atom is -0.508 e. The van der Waals surface area contributed by atoms with E-state index in [0.29, 0.717) is 5.56 Å². The fraction of sp³-hybridized carbons (Fsp3) is 0.0714. The summed E-state index contributed by atoms with van der Waals surface area (Å²) in [5.41, 5.74) is 0.762. The summed E-state index contributed by atoms with van der Waals surface area (Å²) >= 11 is 0. The standard InChI is InChI=1S/C14H12N2O4/c1-8-4-5-9(7-11(8)17)13(18)16-12-10(14(19)20)3-2-6-15-12/h2-7,17H,1H3,(H,19,20)(H,15,16,18). The first-order valence-corrected chi connectivity index (χ1v) is 5.78. The number of carboxylic acids is 1. The van der Waals surface area contributed by atoms with E-state index in [9.17, 15) is 14.7 Å². The Morgan fingerprint density at radius 3 is 2.65 bits per heavy atom. The molecule has 0 spiro atoms. The number of carbonyl (C=O) groups is 2. The predicted molar refractivity (Wildman–Crippen MR) is 72.0 cm³/mol. The number of aromatic hydroxyl groups is 1. The molecule has 0 bridgehead atoms. The minimum absolute atomic E-state index is 0.00266. The normalized spacial score (nSPS) is 10.1. The predicted octanol–water partition coefficient (Wildman–Crippen LogP) is 2.05. The van der Waals surface area contributed by atoms with Crippen LogP contribution in [0.4, 0.5) is 5.82 Å². The number of anilines is 1. The number of nitrogens with zero attached hydrogens (tertiary/aromatic N) is 1. The minimum atomic E-state index is -1.18. The van der Waals surface area contributed by atoms with E-state index in [1.165, 1.54) is 30.5 Å². The van der Waals surface area contributed by atoms with Crippen molar-refractivity contribution in [3.63, 3.8) is 0 Å². The van der Waals surface area contributed by atoms with Gasteiger partial charge in [-0.1, -0.05) is 6.07 Å². The smallest absolute Gasteiger partial charge is 0.339 e. The van der Waals surface area contributed by atoms with Gasteiger partial charge in [-0.05, 0) is 36.8 Å². The third-order valence-corrected chi connectivity index (χ3v) is 2.74. The molecule has 0 radical (unpaired) electrons. The molecule has 20 heavy (non-hydrogen) atoms. The zero-order chi connectivity index (χ0) is 14.7. The molecule has 0 saturated carbocycles. The number of phenolic OH excluding ortho intramolecular Hbond substituents is 1. The molecule has 1 amide bonds. The van der Waals surface area contributed by atoms with E-state index in [0.717, 1.165) is 0 Å². The zero-order valence-corrected chi connectivity index (χ0v) is 10.6. The zero-order valence-electron chi connectivity index (χ0n) is 10.6. The van der Waals surface area contributed by atoms with Crippen LogP contribution in [0.3, 0.4) is 0 Å². The average Bonchev–Trinajstić information content (AvgIpc) is 2.42. The molecule has 1 aromatic heterocycles. The van der Waals surface area contributed by atoms with Crippen molar-refractivity contribution in [2.75, 3.05) is 5.32 Å². The van der Waals surface area contributed by atoms with E-state index >= 15 is 0 Å². The van der Waals surface area contributed by atoms with Crippen molar-refractivity contribution in [2.45, 2.75) is 6.92 Å². The molecule has 0 fully saturated rings. The van der Waals surface area contributed by atoms with Gasteiger partial charge in [0.2, 0.25) is 0 Å². The van der Waals surface area contributed by atoms with Crippen LogP contribution in [0.2, 0.25) is 0 Å². The summed E-state index contributed by atoms with van der Waals surface area (Å²) in [6.45, 7) is 1.71. The lowest BCUT2D eigenvalue weighted by molar-refractivity contribution is 0.0697. The number of hydrogen-bond donors (Lipinski definition) is 3. The van der Waals surface area contributed by atoms with Crippen LogP contribution in [0, 0.1) is 6.92 Å². The third kappa shape index (κ3) is 2.74. The number of amides is 1. The lowest BCUT2D eigenvalue weighted by atomic mass is 10.1. The number of hydrogen-bond acceptors (Lipinski definition) is 4. The van der Waals surface area contributed by atoms with Crippen molar-refractivity contribution in [3.05, 3.63) is 53.2 Å². The van der Waals surface area contributed by atoms with Gasteiger partial charge in [-0.15, -0.1) is 0 Å². The highest BCUT2D eigenvalue weighted by atomic mass is 16.4. The summed E-state index contributed by atoms with van der Waals surface area (Å²) in [6, 6.07) is 7.26. The highest BCUT2D eigenvalue weighted by Gasteiger charge is 2.14. The number of phenols is 1. The van der Waals surface area contributed by atoms with Crippen LogP contribution in [-0.2, 0) is 0 Å². The van der Waals surface area contributed by atoms with E-state index < -0.39 is 11.9 Å². The van der Waals surface area contributed by atoms with Crippen molar-refractivity contribution in [2.24, 2.45) is 0 Å². The summed E-state index contributed by atoms with van der Waals surface area (Å²) in [7, 11) is 0. The van der Waals surface area contributed by atoms with Crippen LogP contribution < -0.4 is 5.32 Å². The average molecular weight is 272 g/mol. The van der Waals surface area contributed by atoms with Gasteiger partial charge in [0.15, 0.2) is 0 Å². The van der Waals surface area contributed by atoms with E-state index in [4.69, 9.17) is 5.11 Å². The molecule has 0 saturated heterocycles. The molecule has 6 heteroatoms. The Kier molecular flexibility index (Phi) is 3.65. The van der Waals surface area contributed by atoms with Crippen LogP contribution in [0.25, 0.3) is 0 Å². The van der Waals surface area contributed by atoms with Crippen molar-refractivity contribution in [1.82, 2.24) is 4.98 Å². The molecule has 3 N–H and O–H groups in total. The van der Waals surface area contributed by atoms with Gasteiger partial charge in [-0.2, -0.15) is 0 Å². The Balaban J connectivity index is 2.28. The van der Waals surface area contributed by atoms with Crippen LogP contribution >= 0.6 is 0 Å². The number of aromatic carboxylic acids is 1. The van der Waals surface area contributed by atoms with Gasteiger partial charge < -0.3 is 15.5 Å². The monoisotopic (exact) mass is 272 g/mol. The molecule has 6 nitrogen and oxygen atoms in total. The quantitative estimate of drug-likeness (QED) is 0.794. The molecular formula is C14H12N2O4. The molecule has 1 heterocycles. The highest BCUT2D eigenvalue weighted by molar-refractivity contribution is 6.07. The van der Waals surface area contributed by atoms with Gasteiger partial charge in [-0.3, -0.25) is 4.79 Å². The number of rotatable bonds is 3. The lowest BCUT2D eigenvalue weighted by Gasteiger charge is -2.08. The molecule has 0 aliphatic rings. The maximum Gasteiger partial charge on any atom is 0.339 e. The number of carboxylic acid groups (broad SMARTS) is 1. The van der Waals surface area contributed by atoms with Crippen LogP contribution in [0.1, 0.15) is 26.3 Å². The number of pyridine rings is 1. The SMILES string of the molecule is Cc1ccc(C(=O)Nc2ncccc2C(=O)O)cc1O. The first kappa shape index (κ1) is 13.5. The third-order valence-electron chi connectivity index (χ3n) is 2.74. The molecule has 0 aliphatic heterocycles. The Bertz CT molecular complexity index is 683. The summed E-state index contributed by atoms with van der Waals surface area (Å²) in [4.78, 5) is 26.8. The summed E-state index contributed by atoms with van der Waals surface area (Å²) in [5.74, 6) is -1.76. The second kappa shape index (κ2) is 5.40. The molecule has 0 unspecified atom stereocenters. The Hall–Kier alpha value is -2.89. The molecule has 102 valence electrons. The number of benzene rings is 1. The molecule has 1 aromatic carbocycles. The molecule has 2 aromatic rings. The van der Waals surface area contributed by atoms with Crippen LogP contribution in [-0.4, -0.2) is 27.1 Å². The first-order chi connectivity index (χ1) is 9.49. The maximum absolute atomic E-state index is 12.0. The number of aromatic nitrogens is 1. The van der Waals surface area contributed by atoms with Crippen LogP contribution in [0.15, 0.2) is 36.5 Å². The van der Waals surface area contributed by atoms with E-state index in [-0.39, 0.29) is 22.7 Å². The number of aryl methyl sites for hydroxylation is 1. The number of nitrogens with one attached hydrogen (secondary N) is 1. The highest BCUT2D eigenvalue weighted by Crippen LogP contribution is 2.19. The summed E-state index contributed by atoms with van der Waals surface area (Å²) in [6.07, 6.45) is 1.38. The van der Waals surface area contributed by atoms with Gasteiger partial charge in [0.05, 0.1) is 0 Å². The largest absolute Gasteiger partial charge is 0.508 e. The Labute approximate surface area is 114 Å². The maximum atomic E-state index is 12.0. The summed E-state index contributed by atoms with van der Waals surface area (Å²) < 4.78 is 0. The van der Waals surface area contributed by atoms with Crippen molar-refractivity contribution in [3.8, 4) is 5.75 Å². The molecular weight excluding hydrogens is 260 g/mol. The fourth-order valence-electron chi connectivity index (χ4n) is 1.61. The van der Waals surface area contributed by atoms with Gasteiger partial charge >= 0.3 is 5.97 Å². The Morgan fingerprint density at radius 2 is 2.00 bits per heavy atom. The first-order valence-electron chi connectivity index (χ1n) is 5.78. The second-order valence-corrected chi connectivity index (χ2v) is 4.16. The van der Waals surface area contributed by atoms with Gasteiger partial charge in [0, 0.05) is 11.8 Å².